The molecule has 0 amide bonds. The van der Waals surface area contributed by atoms with Gasteiger partial charge in [-0.2, -0.15) is 0 Å². The van der Waals surface area contributed by atoms with Gasteiger partial charge in [0.05, 0.1) is 0 Å². The van der Waals surface area contributed by atoms with E-state index in [1.54, 1.807) is 24.3 Å². The molecule has 1 rings (SSSR count). The molecule has 0 aliphatic carbocycles. The van der Waals surface area contributed by atoms with E-state index in [-0.39, 0.29) is 11.5 Å². The molecule has 2 N–H and O–H groups in total. The Bertz CT molecular complexity index is 277. The maximum Gasteiger partial charge on any atom is 0.164 e. The van der Waals surface area contributed by atoms with Crippen molar-refractivity contribution in [3.05, 3.63) is 29.8 Å². The maximum absolute atomic E-state index is 9.23. The number of para-hydroxylation sites is 1. The molecule has 1 aromatic rings. The monoisotopic (exact) mass is 150 g/mol. The van der Waals surface area contributed by atoms with E-state index in [0.29, 0.717) is 5.56 Å². The van der Waals surface area contributed by atoms with Gasteiger partial charge >= 0.3 is 0 Å². The summed E-state index contributed by atoms with van der Waals surface area (Å²) >= 11 is 0. The third-order valence-electron chi connectivity index (χ3n) is 1.39. The van der Waals surface area contributed by atoms with Gasteiger partial charge in [0.2, 0.25) is 0 Å². The highest BCUT2D eigenvalue weighted by Crippen LogP contribution is 2.28. The Morgan fingerprint density at radius 3 is 2.64 bits per heavy atom. The van der Waals surface area contributed by atoms with Gasteiger partial charge in [0, 0.05) is 5.56 Å². The lowest BCUT2D eigenvalue weighted by molar-refractivity contribution is 0.403. The van der Waals surface area contributed by atoms with Crippen molar-refractivity contribution in [3.8, 4) is 11.5 Å². The fourth-order valence-corrected chi connectivity index (χ4v) is 0.863. The van der Waals surface area contributed by atoms with E-state index >= 15 is 0 Å². The summed E-state index contributed by atoms with van der Waals surface area (Å²) in [6.45, 7) is 1.85. The van der Waals surface area contributed by atoms with Gasteiger partial charge in [0.1, 0.15) is 0 Å². The molecule has 0 unspecified atom stereocenters. The molecular weight excluding hydrogens is 140 g/mol. The highest BCUT2D eigenvalue weighted by atomic mass is 16.3. The van der Waals surface area contributed by atoms with Crippen LogP contribution in [-0.4, -0.2) is 10.2 Å². The normalized spacial score (nSPS) is 10.6. The lowest BCUT2D eigenvalue weighted by atomic mass is 10.2. The topological polar surface area (TPSA) is 40.5 Å². The number of rotatable bonds is 1. The fraction of sp³-hybridized carbons (Fsp3) is 0.111. The standard InChI is InChI=1S/C9H10O2/c1-2-4-7-5-3-6-8(10)9(7)11/h2-6,10-11H,1H3/b4-2-. The van der Waals surface area contributed by atoms with E-state index in [2.05, 4.69) is 0 Å². The lowest BCUT2D eigenvalue weighted by Gasteiger charge is -1.99. The third-order valence-corrected chi connectivity index (χ3v) is 1.39. The Morgan fingerprint density at radius 1 is 1.27 bits per heavy atom. The predicted octanol–water partition coefficient (Wildman–Crippen LogP) is 2.13. The number of hydrogen-bond acceptors (Lipinski definition) is 2. The average molecular weight is 150 g/mol. The molecular formula is C9H10O2. The second kappa shape index (κ2) is 3.10. The average Bonchev–Trinajstić information content (AvgIpc) is 1.99. The number of aromatic hydroxyl groups is 2. The van der Waals surface area contributed by atoms with Gasteiger partial charge < -0.3 is 10.2 Å². The summed E-state index contributed by atoms with van der Waals surface area (Å²) in [7, 11) is 0. The Kier molecular flexibility index (Phi) is 2.16. The first-order valence-corrected chi connectivity index (χ1v) is 3.39. The zero-order valence-electron chi connectivity index (χ0n) is 6.28. The van der Waals surface area contributed by atoms with Crippen LogP contribution in [0.4, 0.5) is 0 Å². The van der Waals surface area contributed by atoms with Crippen LogP contribution >= 0.6 is 0 Å². The van der Waals surface area contributed by atoms with E-state index in [1.807, 2.05) is 6.92 Å². The number of hydrogen-bond donors (Lipinski definition) is 2. The third kappa shape index (κ3) is 1.52. The molecule has 0 atom stereocenters. The molecule has 0 saturated carbocycles. The molecule has 11 heavy (non-hydrogen) atoms. The van der Waals surface area contributed by atoms with E-state index in [1.165, 1.54) is 6.07 Å². The van der Waals surface area contributed by atoms with Crippen LogP contribution in [-0.2, 0) is 0 Å². The second-order valence-electron chi connectivity index (χ2n) is 2.21. The lowest BCUT2D eigenvalue weighted by Crippen LogP contribution is -1.74. The number of phenols is 2. The molecule has 0 fully saturated rings. The van der Waals surface area contributed by atoms with Crippen molar-refractivity contribution in [3.63, 3.8) is 0 Å². The summed E-state index contributed by atoms with van der Waals surface area (Å²) < 4.78 is 0. The molecule has 1 aromatic carbocycles. The van der Waals surface area contributed by atoms with Crippen LogP contribution in [0.3, 0.4) is 0 Å². The van der Waals surface area contributed by atoms with Gasteiger partial charge in [0.15, 0.2) is 11.5 Å². The van der Waals surface area contributed by atoms with Crippen LogP contribution in [0.1, 0.15) is 12.5 Å². The van der Waals surface area contributed by atoms with E-state index in [9.17, 15) is 5.11 Å². The molecule has 2 nitrogen and oxygen atoms in total. The molecule has 0 spiro atoms. The highest BCUT2D eigenvalue weighted by molar-refractivity contribution is 5.60. The molecule has 0 saturated heterocycles. The minimum atomic E-state index is -0.0828. The first-order chi connectivity index (χ1) is 5.25. The SMILES string of the molecule is C/C=C\c1cccc(O)c1O. The molecule has 0 aromatic heterocycles. The van der Waals surface area contributed by atoms with Crippen LogP contribution in [0, 0.1) is 0 Å². The van der Waals surface area contributed by atoms with Crippen molar-refractivity contribution in [2.45, 2.75) is 6.92 Å². The summed E-state index contributed by atoms with van der Waals surface area (Å²) in [5.41, 5.74) is 0.632. The summed E-state index contributed by atoms with van der Waals surface area (Å²) in [4.78, 5) is 0. The van der Waals surface area contributed by atoms with Crippen molar-refractivity contribution < 1.29 is 10.2 Å². The summed E-state index contributed by atoms with van der Waals surface area (Å²) in [5.74, 6) is -0.147. The summed E-state index contributed by atoms with van der Waals surface area (Å²) in [6, 6.07) is 4.86. The Labute approximate surface area is 65.4 Å². The first kappa shape index (κ1) is 7.66. The molecule has 0 aliphatic rings. The maximum atomic E-state index is 9.23. The van der Waals surface area contributed by atoms with Crippen molar-refractivity contribution in [1.82, 2.24) is 0 Å². The smallest absolute Gasteiger partial charge is 0.164 e. The van der Waals surface area contributed by atoms with Crippen LogP contribution < -0.4 is 0 Å². The van der Waals surface area contributed by atoms with Gasteiger partial charge in [-0.1, -0.05) is 24.3 Å². The van der Waals surface area contributed by atoms with Crippen LogP contribution in [0.15, 0.2) is 24.3 Å². The molecule has 0 radical (unpaired) electrons. The van der Waals surface area contributed by atoms with Crippen molar-refractivity contribution in [2.75, 3.05) is 0 Å². The van der Waals surface area contributed by atoms with E-state index in [0.717, 1.165) is 0 Å². The van der Waals surface area contributed by atoms with E-state index < -0.39 is 0 Å². The van der Waals surface area contributed by atoms with Crippen LogP contribution in [0.25, 0.3) is 6.08 Å². The number of benzene rings is 1. The van der Waals surface area contributed by atoms with Crippen LogP contribution in [0.2, 0.25) is 0 Å². The van der Waals surface area contributed by atoms with Gasteiger partial charge in [-0.15, -0.1) is 0 Å². The minimum Gasteiger partial charge on any atom is -0.504 e. The zero-order valence-corrected chi connectivity index (χ0v) is 6.28. The van der Waals surface area contributed by atoms with Crippen molar-refractivity contribution in [2.24, 2.45) is 0 Å². The highest BCUT2D eigenvalue weighted by Gasteiger charge is 2.00. The first-order valence-electron chi connectivity index (χ1n) is 3.39. The van der Waals surface area contributed by atoms with Gasteiger partial charge in [-0.3, -0.25) is 0 Å². The number of allylic oxidation sites excluding steroid dienone is 1. The zero-order chi connectivity index (χ0) is 8.27. The quantitative estimate of drug-likeness (QED) is 0.602. The predicted molar refractivity (Wildman–Crippen MR) is 44.5 cm³/mol. The van der Waals surface area contributed by atoms with Crippen molar-refractivity contribution >= 4 is 6.08 Å². The Hall–Kier alpha value is -1.44. The number of phenolic OH excluding ortho intramolecular Hbond substituents is 2. The van der Waals surface area contributed by atoms with Gasteiger partial charge in [-0.25, -0.2) is 0 Å². The second-order valence-corrected chi connectivity index (χ2v) is 2.21. The molecule has 0 bridgehead atoms. The van der Waals surface area contributed by atoms with Crippen molar-refractivity contribution in [1.29, 1.82) is 0 Å². The minimum absolute atomic E-state index is 0.0643. The molecule has 0 heterocycles. The molecule has 58 valence electrons. The van der Waals surface area contributed by atoms with Gasteiger partial charge in [0.25, 0.3) is 0 Å². The fourth-order valence-electron chi connectivity index (χ4n) is 0.863. The van der Waals surface area contributed by atoms with Crippen LogP contribution in [0.5, 0.6) is 11.5 Å². The van der Waals surface area contributed by atoms with E-state index in [4.69, 9.17) is 5.11 Å². The Morgan fingerprint density at radius 2 is 2.00 bits per heavy atom. The molecule has 2 heteroatoms. The summed E-state index contributed by atoms with van der Waals surface area (Å²) in [5, 5.41) is 18.3. The van der Waals surface area contributed by atoms with Gasteiger partial charge in [-0.05, 0) is 13.0 Å². The largest absolute Gasteiger partial charge is 0.504 e. The summed E-state index contributed by atoms with van der Waals surface area (Å²) in [6.07, 6.45) is 3.53. The Balaban J connectivity index is 3.16. The molecule has 0 aliphatic heterocycles.